The van der Waals surface area contributed by atoms with E-state index in [1.165, 1.54) is 22.3 Å². The summed E-state index contributed by atoms with van der Waals surface area (Å²) in [5.74, 6) is 1.25. The quantitative estimate of drug-likeness (QED) is 0.446. The third kappa shape index (κ3) is 4.96. The molecular weight excluding hydrogens is 400 g/mol. The maximum atomic E-state index is 12.2. The van der Waals surface area contributed by atoms with Crippen molar-refractivity contribution in [1.29, 1.82) is 0 Å². The first-order valence-electron chi connectivity index (χ1n) is 11.3. The van der Waals surface area contributed by atoms with Crippen LogP contribution in [0.25, 0.3) is 11.1 Å². The minimum absolute atomic E-state index is 0.145. The molecule has 0 fully saturated rings. The van der Waals surface area contributed by atoms with Crippen molar-refractivity contribution in [3.8, 4) is 22.6 Å². The number of fused-ring (bicyclic) bond motifs is 1. The van der Waals surface area contributed by atoms with Crippen LogP contribution in [0.4, 0.5) is 0 Å². The second-order valence-corrected chi connectivity index (χ2v) is 8.32. The first kappa shape index (κ1) is 21.9. The largest absolute Gasteiger partial charge is 0.493 e. The topological polar surface area (TPSA) is 44.8 Å². The Morgan fingerprint density at radius 2 is 1.81 bits per heavy atom. The fourth-order valence-corrected chi connectivity index (χ4v) is 4.32. The molecular formula is C28H30O4. The summed E-state index contributed by atoms with van der Waals surface area (Å²) in [7, 11) is 0. The summed E-state index contributed by atoms with van der Waals surface area (Å²) in [4.78, 5) is 12.2. The van der Waals surface area contributed by atoms with Gasteiger partial charge < -0.3 is 14.2 Å². The monoisotopic (exact) mass is 430 g/mol. The molecule has 1 unspecified atom stereocenters. The van der Waals surface area contributed by atoms with Gasteiger partial charge >= 0.3 is 5.97 Å². The standard InChI is InChI=1S/C28H30O4/c1-4-30-28(29)24-13-14-31-26-17-25(12-11-22(26)16-24)32-18-21-9-6-10-23(15-21)27-19(2)7-5-8-20(27)3/h5-12,15,17,24H,4,13-14,16,18H2,1-3H3. The van der Waals surface area contributed by atoms with Crippen LogP contribution in [0.5, 0.6) is 11.5 Å². The van der Waals surface area contributed by atoms with Crippen molar-refractivity contribution >= 4 is 5.97 Å². The fraction of sp³-hybridized carbons (Fsp3) is 0.321. The zero-order chi connectivity index (χ0) is 22.5. The average Bonchev–Trinajstić information content (AvgIpc) is 3.00. The van der Waals surface area contributed by atoms with Crippen molar-refractivity contribution in [3.63, 3.8) is 0 Å². The molecule has 0 radical (unpaired) electrons. The van der Waals surface area contributed by atoms with Gasteiger partial charge in [0.25, 0.3) is 0 Å². The maximum Gasteiger partial charge on any atom is 0.309 e. The zero-order valence-electron chi connectivity index (χ0n) is 19.0. The molecule has 0 aromatic heterocycles. The Morgan fingerprint density at radius 1 is 1.03 bits per heavy atom. The summed E-state index contributed by atoms with van der Waals surface area (Å²) in [6.45, 7) is 7.50. The Balaban J connectivity index is 1.46. The van der Waals surface area contributed by atoms with Crippen molar-refractivity contribution in [2.75, 3.05) is 13.2 Å². The highest BCUT2D eigenvalue weighted by molar-refractivity contribution is 5.73. The minimum atomic E-state index is -0.157. The molecule has 0 spiro atoms. The lowest BCUT2D eigenvalue weighted by Gasteiger charge is -2.14. The number of hydrogen-bond donors (Lipinski definition) is 0. The molecule has 1 aliphatic rings. The Kier molecular flexibility index (Phi) is 6.79. The highest BCUT2D eigenvalue weighted by Gasteiger charge is 2.25. The number of carbonyl (C=O) groups is 1. The molecule has 3 aromatic rings. The van der Waals surface area contributed by atoms with Gasteiger partial charge in [-0.15, -0.1) is 0 Å². The van der Waals surface area contributed by atoms with Crippen LogP contribution >= 0.6 is 0 Å². The summed E-state index contributed by atoms with van der Waals surface area (Å²) >= 11 is 0. The molecule has 1 atom stereocenters. The van der Waals surface area contributed by atoms with Crippen LogP contribution in [0.15, 0.2) is 60.7 Å². The van der Waals surface area contributed by atoms with E-state index in [0.717, 1.165) is 22.6 Å². The Morgan fingerprint density at radius 3 is 2.59 bits per heavy atom. The van der Waals surface area contributed by atoms with Crippen molar-refractivity contribution < 1.29 is 19.0 Å². The van der Waals surface area contributed by atoms with Crippen molar-refractivity contribution in [1.82, 2.24) is 0 Å². The highest BCUT2D eigenvalue weighted by Crippen LogP contribution is 2.32. The van der Waals surface area contributed by atoms with Crippen LogP contribution in [0.2, 0.25) is 0 Å². The van der Waals surface area contributed by atoms with Crippen LogP contribution < -0.4 is 9.47 Å². The van der Waals surface area contributed by atoms with E-state index < -0.39 is 0 Å². The number of benzene rings is 3. The van der Waals surface area contributed by atoms with Gasteiger partial charge in [-0.2, -0.15) is 0 Å². The van der Waals surface area contributed by atoms with Gasteiger partial charge in [-0.3, -0.25) is 4.79 Å². The maximum absolute atomic E-state index is 12.2. The van der Waals surface area contributed by atoms with Gasteiger partial charge in [-0.05, 0) is 79.1 Å². The second kappa shape index (κ2) is 9.90. The molecule has 0 saturated heterocycles. The predicted molar refractivity (Wildman–Crippen MR) is 126 cm³/mol. The van der Waals surface area contributed by atoms with E-state index >= 15 is 0 Å². The van der Waals surface area contributed by atoms with Crippen LogP contribution in [0.1, 0.15) is 35.6 Å². The van der Waals surface area contributed by atoms with Gasteiger partial charge in [0.05, 0.1) is 19.1 Å². The summed E-state index contributed by atoms with van der Waals surface area (Å²) in [5, 5.41) is 0. The number of hydrogen-bond acceptors (Lipinski definition) is 4. The number of aryl methyl sites for hydroxylation is 2. The molecule has 4 nitrogen and oxygen atoms in total. The lowest BCUT2D eigenvalue weighted by atomic mass is 9.95. The van der Waals surface area contributed by atoms with Gasteiger partial charge in [-0.1, -0.05) is 42.5 Å². The highest BCUT2D eigenvalue weighted by atomic mass is 16.5. The van der Waals surface area contributed by atoms with E-state index in [2.05, 4.69) is 56.3 Å². The first-order valence-corrected chi connectivity index (χ1v) is 11.3. The molecule has 32 heavy (non-hydrogen) atoms. The second-order valence-electron chi connectivity index (χ2n) is 8.32. The normalized spacial score (nSPS) is 15.3. The molecule has 0 bridgehead atoms. The smallest absolute Gasteiger partial charge is 0.309 e. The van der Waals surface area contributed by atoms with Gasteiger partial charge in [0.1, 0.15) is 18.1 Å². The summed E-state index contributed by atoms with van der Waals surface area (Å²) in [5.41, 5.74) is 7.16. The third-order valence-corrected chi connectivity index (χ3v) is 5.95. The SMILES string of the molecule is CCOC(=O)C1CCOc2cc(OCc3cccc(-c4c(C)cccc4C)c3)ccc2C1. The van der Waals surface area contributed by atoms with Gasteiger partial charge in [0.2, 0.25) is 0 Å². The molecule has 4 heteroatoms. The lowest BCUT2D eigenvalue weighted by molar-refractivity contribution is -0.148. The van der Waals surface area contributed by atoms with E-state index in [0.29, 0.717) is 32.7 Å². The zero-order valence-corrected chi connectivity index (χ0v) is 19.0. The third-order valence-electron chi connectivity index (χ3n) is 5.95. The molecule has 0 aliphatic carbocycles. The van der Waals surface area contributed by atoms with E-state index in [4.69, 9.17) is 14.2 Å². The Hall–Kier alpha value is -3.27. The van der Waals surface area contributed by atoms with Crippen molar-refractivity contribution in [3.05, 3.63) is 82.9 Å². The molecule has 1 aliphatic heterocycles. The van der Waals surface area contributed by atoms with E-state index in [1.54, 1.807) is 0 Å². The molecule has 0 N–H and O–H groups in total. The molecule has 0 amide bonds. The van der Waals surface area contributed by atoms with Crippen LogP contribution in [0.3, 0.4) is 0 Å². The first-order chi connectivity index (χ1) is 15.5. The Labute approximate surface area is 190 Å². The summed E-state index contributed by atoms with van der Waals surface area (Å²) in [6, 6.07) is 20.8. The minimum Gasteiger partial charge on any atom is -0.493 e. The number of ether oxygens (including phenoxy) is 3. The van der Waals surface area contributed by atoms with Gasteiger partial charge in [0, 0.05) is 6.07 Å². The van der Waals surface area contributed by atoms with E-state index in [1.807, 2.05) is 25.1 Å². The van der Waals surface area contributed by atoms with Gasteiger partial charge in [0.15, 0.2) is 0 Å². The molecule has 1 heterocycles. The number of rotatable bonds is 6. The fourth-order valence-electron chi connectivity index (χ4n) is 4.32. The van der Waals surface area contributed by atoms with Crippen LogP contribution in [0, 0.1) is 19.8 Å². The Bertz CT molecular complexity index is 1080. The summed E-state index contributed by atoms with van der Waals surface area (Å²) in [6.07, 6.45) is 1.29. The van der Waals surface area contributed by atoms with Gasteiger partial charge in [-0.25, -0.2) is 0 Å². The predicted octanol–water partition coefficient (Wildman–Crippen LogP) is 6.05. The van der Waals surface area contributed by atoms with Crippen molar-refractivity contribution in [2.24, 2.45) is 5.92 Å². The molecule has 3 aromatic carbocycles. The average molecular weight is 431 g/mol. The lowest BCUT2D eigenvalue weighted by Crippen LogP contribution is -2.20. The van der Waals surface area contributed by atoms with E-state index in [-0.39, 0.29) is 11.9 Å². The van der Waals surface area contributed by atoms with Crippen LogP contribution in [-0.2, 0) is 22.6 Å². The van der Waals surface area contributed by atoms with E-state index in [9.17, 15) is 4.79 Å². The van der Waals surface area contributed by atoms with Crippen LogP contribution in [-0.4, -0.2) is 19.2 Å². The van der Waals surface area contributed by atoms with Crippen molar-refractivity contribution in [2.45, 2.75) is 40.2 Å². The molecule has 0 saturated carbocycles. The molecule has 166 valence electrons. The molecule has 4 rings (SSSR count). The summed E-state index contributed by atoms with van der Waals surface area (Å²) < 4.78 is 17.2. The number of carbonyl (C=O) groups excluding carboxylic acids is 1. The number of esters is 1.